The number of rotatable bonds is 3. The van der Waals surface area contributed by atoms with Crippen molar-refractivity contribution in [3.05, 3.63) is 57.9 Å². The third-order valence-electron chi connectivity index (χ3n) is 6.17. The smallest absolute Gasteiger partial charge is 0.279 e. The van der Waals surface area contributed by atoms with E-state index in [0.717, 1.165) is 23.1 Å². The van der Waals surface area contributed by atoms with E-state index in [1.165, 1.54) is 38.9 Å². The summed E-state index contributed by atoms with van der Waals surface area (Å²) >= 11 is 1.47. The van der Waals surface area contributed by atoms with E-state index in [2.05, 4.69) is 31.8 Å². The molecule has 0 radical (unpaired) electrons. The van der Waals surface area contributed by atoms with Crippen molar-refractivity contribution in [2.24, 2.45) is 18.0 Å². The van der Waals surface area contributed by atoms with Gasteiger partial charge in [0.25, 0.3) is 5.91 Å². The van der Waals surface area contributed by atoms with Gasteiger partial charge in [-0.05, 0) is 74.1 Å². The second-order valence-electron chi connectivity index (χ2n) is 8.33. The van der Waals surface area contributed by atoms with Crippen molar-refractivity contribution in [2.75, 3.05) is 13.1 Å². The monoisotopic (exact) mass is 457 g/mol. The van der Waals surface area contributed by atoms with Gasteiger partial charge in [-0.3, -0.25) is 4.79 Å². The van der Waals surface area contributed by atoms with Gasteiger partial charge in [0.2, 0.25) is 10.0 Å². The fraction of sp³-hybridized carbons (Fsp3) is 0.391. The van der Waals surface area contributed by atoms with E-state index in [1.807, 2.05) is 17.7 Å². The van der Waals surface area contributed by atoms with Crippen LogP contribution < -0.4 is 4.80 Å². The number of fused-ring (bicyclic) bond motifs is 1. The fourth-order valence-corrected chi connectivity index (χ4v) is 6.48. The molecule has 1 aliphatic rings. The number of amides is 1. The van der Waals surface area contributed by atoms with Crippen molar-refractivity contribution < 1.29 is 13.2 Å². The van der Waals surface area contributed by atoms with Crippen molar-refractivity contribution in [3.63, 3.8) is 0 Å². The van der Waals surface area contributed by atoms with E-state index in [-0.39, 0.29) is 10.8 Å². The van der Waals surface area contributed by atoms with Crippen molar-refractivity contribution in [2.45, 2.75) is 38.5 Å². The summed E-state index contributed by atoms with van der Waals surface area (Å²) in [6, 6.07) is 10.2. The molecule has 3 aromatic rings. The topological polar surface area (TPSA) is 71.7 Å². The first-order chi connectivity index (χ1) is 14.7. The number of carbonyl (C=O) groups excluding carboxylic acids is 1. The van der Waals surface area contributed by atoms with Crippen LogP contribution in [-0.2, 0) is 17.1 Å². The zero-order chi connectivity index (χ0) is 22.3. The van der Waals surface area contributed by atoms with Crippen LogP contribution in [0.1, 0.15) is 41.3 Å². The molecule has 6 nitrogen and oxygen atoms in total. The van der Waals surface area contributed by atoms with Gasteiger partial charge in [0.05, 0.1) is 15.1 Å². The summed E-state index contributed by atoms with van der Waals surface area (Å²) < 4.78 is 30.3. The van der Waals surface area contributed by atoms with Crippen LogP contribution in [0, 0.1) is 19.8 Å². The molecular formula is C23H27N3O3S2. The minimum atomic E-state index is -3.53. The predicted octanol–water partition coefficient (Wildman–Crippen LogP) is 4.02. The Morgan fingerprint density at radius 2 is 1.71 bits per heavy atom. The van der Waals surface area contributed by atoms with Gasteiger partial charge in [0, 0.05) is 25.7 Å². The summed E-state index contributed by atoms with van der Waals surface area (Å²) in [4.78, 5) is 17.9. The zero-order valence-corrected chi connectivity index (χ0v) is 19.9. The Hall–Kier alpha value is -2.29. The molecule has 0 atom stereocenters. The standard InChI is InChI=1S/C23H27N3O3S2/c1-15-11-13-26(14-12-15)31(28,29)19-8-6-18(7-9-19)22(27)24-23-25(4)21-17(3)16(2)5-10-20(21)30-23/h5-10,15H,11-14H2,1-4H3. The number of carbonyl (C=O) groups is 1. The molecule has 0 unspecified atom stereocenters. The van der Waals surface area contributed by atoms with E-state index in [9.17, 15) is 13.2 Å². The highest BCUT2D eigenvalue weighted by molar-refractivity contribution is 7.89. The first-order valence-electron chi connectivity index (χ1n) is 10.4. The van der Waals surface area contributed by atoms with Gasteiger partial charge in [0.15, 0.2) is 4.80 Å². The summed E-state index contributed by atoms with van der Waals surface area (Å²) in [5.41, 5.74) is 3.82. The Kier molecular flexibility index (Phi) is 5.89. The number of nitrogens with zero attached hydrogens (tertiary/aromatic N) is 3. The predicted molar refractivity (Wildman–Crippen MR) is 124 cm³/mol. The molecule has 0 aliphatic carbocycles. The molecular weight excluding hydrogens is 430 g/mol. The second kappa shape index (κ2) is 8.33. The highest BCUT2D eigenvalue weighted by atomic mass is 32.2. The van der Waals surface area contributed by atoms with Crippen LogP contribution in [0.15, 0.2) is 46.3 Å². The number of hydrogen-bond acceptors (Lipinski definition) is 4. The number of thiazole rings is 1. The van der Waals surface area contributed by atoms with Crippen molar-refractivity contribution in [3.8, 4) is 0 Å². The van der Waals surface area contributed by atoms with Crippen LogP contribution in [0.5, 0.6) is 0 Å². The summed E-state index contributed by atoms with van der Waals surface area (Å²) in [5.74, 6) is 0.170. The van der Waals surface area contributed by atoms with E-state index in [4.69, 9.17) is 0 Å². The number of aromatic nitrogens is 1. The lowest BCUT2D eigenvalue weighted by Crippen LogP contribution is -2.37. The maximum absolute atomic E-state index is 12.9. The lowest BCUT2D eigenvalue weighted by molar-refractivity contribution is 0.0998. The van der Waals surface area contributed by atoms with E-state index in [0.29, 0.717) is 29.4 Å². The molecule has 0 spiro atoms. The highest BCUT2D eigenvalue weighted by Gasteiger charge is 2.28. The first kappa shape index (κ1) is 21.9. The zero-order valence-electron chi connectivity index (χ0n) is 18.3. The fourth-order valence-electron chi connectivity index (χ4n) is 3.93. The third kappa shape index (κ3) is 4.12. The van der Waals surface area contributed by atoms with Crippen molar-refractivity contribution >= 4 is 37.5 Å². The second-order valence-corrected chi connectivity index (χ2v) is 11.3. The van der Waals surface area contributed by atoms with Crippen LogP contribution in [0.4, 0.5) is 0 Å². The Bertz CT molecular complexity index is 1310. The number of piperidine rings is 1. The van der Waals surface area contributed by atoms with Gasteiger partial charge in [-0.1, -0.05) is 24.3 Å². The molecule has 1 saturated heterocycles. The normalized spacial score (nSPS) is 16.8. The minimum Gasteiger partial charge on any atom is -0.319 e. The molecule has 2 aromatic carbocycles. The molecule has 8 heteroatoms. The van der Waals surface area contributed by atoms with Crippen LogP contribution in [0.3, 0.4) is 0 Å². The molecule has 0 saturated carbocycles. The largest absolute Gasteiger partial charge is 0.319 e. The molecule has 1 amide bonds. The average molecular weight is 458 g/mol. The lowest BCUT2D eigenvalue weighted by atomic mass is 10.0. The molecule has 1 fully saturated rings. The van der Waals surface area contributed by atoms with Gasteiger partial charge >= 0.3 is 0 Å². The molecule has 4 rings (SSSR count). The number of benzene rings is 2. The Morgan fingerprint density at radius 1 is 1.06 bits per heavy atom. The van der Waals surface area contributed by atoms with E-state index >= 15 is 0 Å². The molecule has 2 heterocycles. The molecule has 1 aromatic heterocycles. The lowest BCUT2D eigenvalue weighted by Gasteiger charge is -2.29. The van der Waals surface area contributed by atoms with Gasteiger partial charge in [-0.2, -0.15) is 9.30 Å². The van der Waals surface area contributed by atoms with Crippen LogP contribution in [0.25, 0.3) is 10.2 Å². The maximum atomic E-state index is 12.9. The molecule has 0 bridgehead atoms. The van der Waals surface area contributed by atoms with E-state index < -0.39 is 10.0 Å². The molecule has 164 valence electrons. The van der Waals surface area contributed by atoms with Crippen LogP contribution in [0.2, 0.25) is 0 Å². The molecule has 1 aliphatic heterocycles. The summed E-state index contributed by atoms with van der Waals surface area (Å²) in [6.45, 7) is 7.36. The minimum absolute atomic E-state index is 0.220. The number of aryl methyl sites for hydroxylation is 3. The number of sulfonamides is 1. The maximum Gasteiger partial charge on any atom is 0.279 e. The Labute approximate surface area is 186 Å². The average Bonchev–Trinajstić information content (AvgIpc) is 3.07. The summed E-state index contributed by atoms with van der Waals surface area (Å²) in [6.07, 6.45) is 1.75. The highest BCUT2D eigenvalue weighted by Crippen LogP contribution is 2.25. The van der Waals surface area contributed by atoms with Gasteiger partial charge in [0.1, 0.15) is 0 Å². The third-order valence-corrected chi connectivity index (χ3v) is 9.18. The molecule has 31 heavy (non-hydrogen) atoms. The Morgan fingerprint density at radius 3 is 2.35 bits per heavy atom. The van der Waals surface area contributed by atoms with Gasteiger partial charge in [-0.15, -0.1) is 0 Å². The summed E-state index contributed by atoms with van der Waals surface area (Å²) in [5, 5.41) is 0. The van der Waals surface area contributed by atoms with E-state index in [1.54, 1.807) is 12.1 Å². The van der Waals surface area contributed by atoms with Crippen molar-refractivity contribution in [1.82, 2.24) is 8.87 Å². The number of hydrogen-bond donors (Lipinski definition) is 0. The quantitative estimate of drug-likeness (QED) is 0.596. The van der Waals surface area contributed by atoms with Gasteiger partial charge in [-0.25, -0.2) is 8.42 Å². The van der Waals surface area contributed by atoms with Gasteiger partial charge < -0.3 is 4.57 Å². The van der Waals surface area contributed by atoms with Crippen molar-refractivity contribution in [1.29, 1.82) is 0 Å². The van der Waals surface area contributed by atoms with Crippen LogP contribution >= 0.6 is 11.3 Å². The van der Waals surface area contributed by atoms with Crippen LogP contribution in [-0.4, -0.2) is 36.3 Å². The Balaban J connectivity index is 1.61. The first-order valence-corrected chi connectivity index (χ1v) is 12.7. The summed E-state index contributed by atoms with van der Waals surface area (Å²) in [7, 11) is -1.62. The SMILES string of the molecule is Cc1ccc2sc(=NC(=O)c3ccc(S(=O)(=O)N4CCC(C)CC4)cc3)n(C)c2c1C. The molecule has 0 N–H and O–H groups in total.